The zero-order valence-corrected chi connectivity index (χ0v) is 15.9. The molecule has 2 heterocycles. The number of rotatable bonds is 6. The van der Waals surface area contributed by atoms with Crippen LogP contribution in [0.15, 0.2) is 47.7 Å². The second kappa shape index (κ2) is 8.53. The predicted molar refractivity (Wildman–Crippen MR) is 109 cm³/mol. The monoisotopic (exact) mass is 368 g/mol. The fraction of sp³-hybridized carbons (Fsp3) is 0.300. The molecule has 0 fully saturated rings. The van der Waals surface area contributed by atoms with Crippen LogP contribution < -0.4 is 15.5 Å². The first-order valence-electron chi connectivity index (χ1n) is 8.89. The summed E-state index contributed by atoms with van der Waals surface area (Å²) >= 11 is 0. The van der Waals surface area contributed by atoms with E-state index in [9.17, 15) is 4.39 Å². The minimum absolute atomic E-state index is 0.230. The number of nitrogens with zero attached hydrogens (tertiary/aromatic N) is 3. The van der Waals surface area contributed by atoms with Crippen LogP contribution in [0, 0.1) is 5.82 Å². The fourth-order valence-corrected chi connectivity index (χ4v) is 3.05. The van der Waals surface area contributed by atoms with Gasteiger partial charge in [0.1, 0.15) is 11.6 Å². The van der Waals surface area contributed by atoms with Crippen molar-refractivity contribution in [2.45, 2.75) is 13.0 Å². The van der Waals surface area contributed by atoms with Crippen molar-refractivity contribution >= 4 is 22.7 Å². The van der Waals surface area contributed by atoms with Crippen molar-refractivity contribution in [2.24, 2.45) is 4.99 Å². The van der Waals surface area contributed by atoms with Gasteiger partial charge in [-0.15, -0.1) is 0 Å². The number of fused-ring (bicyclic) bond motifs is 1. The second-order valence-corrected chi connectivity index (χ2v) is 6.49. The van der Waals surface area contributed by atoms with Crippen molar-refractivity contribution < 1.29 is 4.39 Å². The molecule has 7 heteroatoms. The zero-order chi connectivity index (χ0) is 19.2. The highest BCUT2D eigenvalue weighted by Gasteiger charge is 2.07. The molecule has 0 aliphatic rings. The molecule has 0 aliphatic carbocycles. The fourth-order valence-electron chi connectivity index (χ4n) is 3.05. The van der Waals surface area contributed by atoms with Gasteiger partial charge in [-0.1, -0.05) is 6.07 Å². The third kappa shape index (κ3) is 4.55. The van der Waals surface area contributed by atoms with E-state index in [4.69, 9.17) is 0 Å². The molecule has 3 rings (SSSR count). The average Bonchev–Trinajstić information content (AvgIpc) is 3.06. The van der Waals surface area contributed by atoms with E-state index >= 15 is 0 Å². The molecule has 0 atom stereocenters. The number of aromatic nitrogens is 2. The summed E-state index contributed by atoms with van der Waals surface area (Å²) in [5, 5.41) is 7.69. The largest absolute Gasteiger partial charge is 0.362 e. The molecule has 3 aromatic rings. The van der Waals surface area contributed by atoms with Gasteiger partial charge in [0, 0.05) is 63.1 Å². The highest BCUT2D eigenvalue weighted by Crippen LogP contribution is 2.19. The molecule has 0 radical (unpaired) electrons. The van der Waals surface area contributed by atoms with Gasteiger partial charge >= 0.3 is 0 Å². The molecular formula is C20H25FN6. The lowest BCUT2D eigenvalue weighted by Gasteiger charge is -2.17. The van der Waals surface area contributed by atoms with Gasteiger partial charge in [0.2, 0.25) is 0 Å². The van der Waals surface area contributed by atoms with E-state index in [2.05, 4.69) is 25.6 Å². The summed E-state index contributed by atoms with van der Waals surface area (Å²) in [6, 6.07) is 8.80. The second-order valence-electron chi connectivity index (χ2n) is 6.49. The number of hydrogen-bond donors (Lipinski definition) is 3. The van der Waals surface area contributed by atoms with E-state index in [0.29, 0.717) is 6.54 Å². The summed E-state index contributed by atoms with van der Waals surface area (Å²) in [4.78, 5) is 13.8. The van der Waals surface area contributed by atoms with Crippen molar-refractivity contribution in [3.63, 3.8) is 0 Å². The molecule has 6 nitrogen and oxygen atoms in total. The number of guanidine groups is 1. The molecule has 0 unspecified atom stereocenters. The molecule has 0 saturated carbocycles. The summed E-state index contributed by atoms with van der Waals surface area (Å²) in [5.74, 6) is 1.44. The highest BCUT2D eigenvalue weighted by molar-refractivity contribution is 5.83. The third-order valence-electron chi connectivity index (χ3n) is 4.38. The Bertz CT molecular complexity index is 931. The van der Waals surface area contributed by atoms with E-state index in [-0.39, 0.29) is 5.82 Å². The molecule has 3 N–H and O–H groups in total. The summed E-state index contributed by atoms with van der Waals surface area (Å²) in [5.41, 5.74) is 3.07. The van der Waals surface area contributed by atoms with Crippen LogP contribution in [0.2, 0.25) is 0 Å². The van der Waals surface area contributed by atoms with Crippen molar-refractivity contribution in [1.29, 1.82) is 0 Å². The van der Waals surface area contributed by atoms with Crippen LogP contribution in [0.5, 0.6) is 0 Å². The van der Waals surface area contributed by atoms with Gasteiger partial charge in [0.25, 0.3) is 0 Å². The van der Waals surface area contributed by atoms with Crippen LogP contribution in [0.3, 0.4) is 0 Å². The first kappa shape index (κ1) is 18.7. The van der Waals surface area contributed by atoms with Crippen LogP contribution in [0.25, 0.3) is 10.9 Å². The molecule has 2 aromatic heterocycles. The molecular weight excluding hydrogens is 343 g/mol. The summed E-state index contributed by atoms with van der Waals surface area (Å²) in [6.07, 6.45) is 4.53. The molecule has 0 amide bonds. The van der Waals surface area contributed by atoms with Gasteiger partial charge < -0.3 is 20.5 Å². The van der Waals surface area contributed by atoms with Gasteiger partial charge in [0.05, 0.1) is 0 Å². The predicted octanol–water partition coefficient (Wildman–Crippen LogP) is 2.68. The standard InChI is InChI=1S/C20H25FN6/c1-22-20(26-13-15-5-4-9-23-19(15)27(2)3)24-10-8-14-12-25-18-11-16(21)6-7-17(14)18/h4-7,9,11-12,25H,8,10,13H2,1-3H3,(H2,22,24,26). The number of halogens is 1. The zero-order valence-electron chi connectivity index (χ0n) is 15.9. The number of benzene rings is 1. The summed E-state index contributed by atoms with van der Waals surface area (Å²) < 4.78 is 13.3. The van der Waals surface area contributed by atoms with Gasteiger partial charge in [-0.3, -0.25) is 4.99 Å². The maximum atomic E-state index is 13.3. The number of anilines is 1. The molecule has 0 aliphatic heterocycles. The quantitative estimate of drug-likeness (QED) is 0.462. The number of aliphatic imine (C=N–C) groups is 1. The number of aromatic amines is 1. The van der Waals surface area contributed by atoms with Crippen molar-refractivity contribution in [1.82, 2.24) is 20.6 Å². The number of pyridine rings is 1. The maximum Gasteiger partial charge on any atom is 0.191 e. The highest BCUT2D eigenvalue weighted by atomic mass is 19.1. The lowest BCUT2D eigenvalue weighted by Crippen LogP contribution is -2.38. The van der Waals surface area contributed by atoms with Gasteiger partial charge in [-0.05, 0) is 36.2 Å². The van der Waals surface area contributed by atoms with Gasteiger partial charge in [-0.25, -0.2) is 9.37 Å². The third-order valence-corrected chi connectivity index (χ3v) is 4.38. The Labute approximate surface area is 158 Å². The van der Waals surface area contributed by atoms with Crippen molar-refractivity contribution in [3.8, 4) is 0 Å². The maximum absolute atomic E-state index is 13.3. The number of H-pyrrole nitrogens is 1. The van der Waals surface area contributed by atoms with E-state index in [1.165, 1.54) is 12.1 Å². The van der Waals surface area contributed by atoms with Gasteiger partial charge in [0.15, 0.2) is 5.96 Å². The summed E-state index contributed by atoms with van der Waals surface area (Å²) in [7, 11) is 5.71. The van der Waals surface area contributed by atoms with E-state index in [1.54, 1.807) is 13.2 Å². The SMILES string of the molecule is CN=C(NCCc1c[nH]c2cc(F)ccc12)NCc1cccnc1N(C)C. The smallest absolute Gasteiger partial charge is 0.191 e. The molecule has 0 saturated heterocycles. The van der Waals surface area contributed by atoms with E-state index in [0.717, 1.165) is 46.8 Å². The summed E-state index contributed by atoms with van der Waals surface area (Å²) in [6.45, 7) is 1.35. The Hall–Kier alpha value is -3.09. The Kier molecular flexibility index (Phi) is 5.90. The lowest BCUT2D eigenvalue weighted by atomic mass is 10.1. The minimum atomic E-state index is -0.230. The van der Waals surface area contributed by atoms with Crippen LogP contribution in [-0.4, -0.2) is 43.6 Å². The average molecular weight is 368 g/mol. The Morgan fingerprint density at radius 1 is 1.22 bits per heavy atom. The first-order chi connectivity index (χ1) is 13.1. The lowest BCUT2D eigenvalue weighted by molar-refractivity contribution is 0.629. The van der Waals surface area contributed by atoms with Crippen LogP contribution in [-0.2, 0) is 13.0 Å². The topological polar surface area (TPSA) is 68.3 Å². The van der Waals surface area contributed by atoms with Crippen molar-refractivity contribution in [2.75, 3.05) is 32.6 Å². The number of hydrogen-bond acceptors (Lipinski definition) is 3. The molecule has 0 bridgehead atoms. The van der Waals surface area contributed by atoms with Crippen LogP contribution in [0.1, 0.15) is 11.1 Å². The molecule has 142 valence electrons. The first-order valence-corrected chi connectivity index (χ1v) is 8.89. The Morgan fingerprint density at radius 3 is 2.85 bits per heavy atom. The van der Waals surface area contributed by atoms with E-state index < -0.39 is 0 Å². The minimum Gasteiger partial charge on any atom is -0.362 e. The molecule has 0 spiro atoms. The number of nitrogens with one attached hydrogen (secondary N) is 3. The van der Waals surface area contributed by atoms with Crippen LogP contribution in [0.4, 0.5) is 10.2 Å². The normalized spacial score (nSPS) is 11.6. The van der Waals surface area contributed by atoms with E-state index in [1.807, 2.05) is 43.4 Å². The van der Waals surface area contributed by atoms with Gasteiger partial charge in [-0.2, -0.15) is 0 Å². The van der Waals surface area contributed by atoms with Crippen molar-refractivity contribution in [3.05, 3.63) is 59.7 Å². The Balaban J connectivity index is 1.55. The molecule has 27 heavy (non-hydrogen) atoms. The molecule has 1 aromatic carbocycles. The van der Waals surface area contributed by atoms with Crippen LogP contribution >= 0.6 is 0 Å². The Morgan fingerprint density at radius 2 is 2.07 bits per heavy atom.